The number of hydrogen-bond acceptors (Lipinski definition) is 3. The zero-order valence-corrected chi connectivity index (χ0v) is 8.29. The van der Waals surface area contributed by atoms with E-state index in [0.29, 0.717) is 6.42 Å². The molecule has 2 aliphatic rings. The average Bonchev–Trinajstić information content (AvgIpc) is 2.80. The van der Waals surface area contributed by atoms with Crippen molar-refractivity contribution in [3.05, 3.63) is 34.4 Å². The molecule has 0 bridgehead atoms. The van der Waals surface area contributed by atoms with Crippen LogP contribution in [0.1, 0.15) is 33.5 Å². The summed E-state index contributed by atoms with van der Waals surface area (Å²) >= 11 is 0. The first-order valence-electron chi connectivity index (χ1n) is 5.20. The second-order valence-electron chi connectivity index (χ2n) is 4.18. The molecule has 0 spiro atoms. The van der Waals surface area contributed by atoms with Crippen molar-refractivity contribution in [2.75, 3.05) is 0 Å². The number of hydrogen-bond donors (Lipinski definition) is 1. The summed E-state index contributed by atoms with van der Waals surface area (Å²) < 4.78 is 0. The van der Waals surface area contributed by atoms with Gasteiger partial charge >= 0.3 is 0 Å². The fraction of sp³-hybridized carbons (Fsp3) is 0.333. The highest BCUT2D eigenvalue weighted by molar-refractivity contribution is 6.49. The highest BCUT2D eigenvalue weighted by atomic mass is 16.4. The van der Waals surface area contributed by atoms with E-state index in [0.717, 1.165) is 24.0 Å². The van der Waals surface area contributed by atoms with Crippen LogP contribution in [-0.2, 0) is 19.3 Å². The van der Waals surface area contributed by atoms with Crippen LogP contribution in [0, 0.1) is 0 Å². The SMILES string of the molecule is O=C1/C(=N/O)Cc2cc3c(cc21)CCC3. The van der Waals surface area contributed by atoms with Gasteiger partial charge in [-0.05, 0) is 42.0 Å². The number of Topliss-reactive ketones (excluding diaryl/α,β-unsaturated/α-hetero) is 1. The molecule has 1 N–H and O–H groups in total. The third-order valence-corrected chi connectivity index (χ3v) is 3.30. The summed E-state index contributed by atoms with van der Waals surface area (Å²) in [6, 6.07) is 4.09. The van der Waals surface area contributed by atoms with Crippen molar-refractivity contribution in [1.29, 1.82) is 0 Å². The first-order chi connectivity index (χ1) is 7.29. The molecule has 0 fully saturated rings. The number of carbonyl (C=O) groups excluding carboxylic acids is 1. The quantitative estimate of drug-likeness (QED) is 0.513. The van der Waals surface area contributed by atoms with Gasteiger partial charge in [0.15, 0.2) is 0 Å². The van der Waals surface area contributed by atoms with Gasteiger partial charge < -0.3 is 5.21 Å². The van der Waals surface area contributed by atoms with Crippen molar-refractivity contribution in [1.82, 2.24) is 0 Å². The predicted molar refractivity (Wildman–Crippen MR) is 55.7 cm³/mol. The summed E-state index contributed by atoms with van der Waals surface area (Å²) in [4.78, 5) is 11.7. The van der Waals surface area contributed by atoms with Crippen LogP contribution in [0.25, 0.3) is 0 Å². The summed E-state index contributed by atoms with van der Waals surface area (Å²) in [5, 5.41) is 11.7. The van der Waals surface area contributed by atoms with Gasteiger partial charge in [-0.25, -0.2) is 0 Å². The molecule has 0 heterocycles. The molecule has 0 aromatic heterocycles. The van der Waals surface area contributed by atoms with E-state index < -0.39 is 0 Å². The molecular weight excluding hydrogens is 190 g/mol. The van der Waals surface area contributed by atoms with E-state index >= 15 is 0 Å². The summed E-state index contributed by atoms with van der Waals surface area (Å²) in [6.07, 6.45) is 3.86. The van der Waals surface area contributed by atoms with Crippen LogP contribution in [0.4, 0.5) is 0 Å². The fourth-order valence-corrected chi connectivity index (χ4v) is 2.53. The third kappa shape index (κ3) is 1.12. The molecule has 1 aromatic rings. The van der Waals surface area contributed by atoms with Crippen LogP contribution < -0.4 is 0 Å². The molecule has 0 saturated carbocycles. The Bertz CT molecular complexity index is 489. The summed E-state index contributed by atoms with van der Waals surface area (Å²) in [6.45, 7) is 0. The maximum Gasteiger partial charge on any atom is 0.211 e. The Labute approximate surface area is 87.4 Å². The van der Waals surface area contributed by atoms with E-state index in [2.05, 4.69) is 11.2 Å². The maximum atomic E-state index is 11.7. The first kappa shape index (κ1) is 8.65. The Kier molecular flexibility index (Phi) is 1.69. The van der Waals surface area contributed by atoms with Crippen LogP contribution >= 0.6 is 0 Å². The molecule has 76 valence electrons. The lowest BCUT2D eigenvalue weighted by molar-refractivity contribution is 0.106. The topological polar surface area (TPSA) is 49.7 Å². The highest BCUT2D eigenvalue weighted by Crippen LogP contribution is 2.29. The standard InChI is InChI=1S/C12H11NO2/c14-12-10-5-8-3-1-2-7(8)4-9(10)6-11(12)13-15/h4-5,15H,1-3,6H2/b13-11+. The van der Waals surface area contributed by atoms with E-state index in [9.17, 15) is 4.79 Å². The lowest BCUT2D eigenvalue weighted by atomic mass is 10.0. The number of benzene rings is 1. The minimum Gasteiger partial charge on any atom is -0.411 e. The van der Waals surface area contributed by atoms with E-state index in [4.69, 9.17) is 5.21 Å². The van der Waals surface area contributed by atoms with Gasteiger partial charge in [-0.2, -0.15) is 0 Å². The summed E-state index contributed by atoms with van der Waals surface area (Å²) in [5.41, 5.74) is 4.69. The lowest BCUT2D eigenvalue weighted by Gasteiger charge is -2.02. The number of oxime groups is 1. The molecule has 15 heavy (non-hydrogen) atoms. The number of rotatable bonds is 0. The van der Waals surface area contributed by atoms with Crippen LogP contribution in [0.5, 0.6) is 0 Å². The normalized spacial score (nSPS) is 20.8. The largest absolute Gasteiger partial charge is 0.411 e. The van der Waals surface area contributed by atoms with Gasteiger partial charge in [0.1, 0.15) is 5.71 Å². The van der Waals surface area contributed by atoms with Crippen LogP contribution in [0.2, 0.25) is 0 Å². The van der Waals surface area contributed by atoms with Crippen molar-refractivity contribution >= 4 is 11.5 Å². The van der Waals surface area contributed by atoms with Gasteiger partial charge in [0.2, 0.25) is 5.78 Å². The van der Waals surface area contributed by atoms with Gasteiger partial charge in [0, 0.05) is 12.0 Å². The Morgan fingerprint density at radius 1 is 1.13 bits per heavy atom. The van der Waals surface area contributed by atoms with Crippen LogP contribution in [0.3, 0.4) is 0 Å². The van der Waals surface area contributed by atoms with Gasteiger partial charge in [-0.15, -0.1) is 0 Å². The monoisotopic (exact) mass is 201 g/mol. The number of carbonyl (C=O) groups is 1. The van der Waals surface area contributed by atoms with Crippen molar-refractivity contribution in [2.45, 2.75) is 25.7 Å². The molecule has 0 amide bonds. The van der Waals surface area contributed by atoms with Gasteiger partial charge in [0.25, 0.3) is 0 Å². The highest BCUT2D eigenvalue weighted by Gasteiger charge is 2.29. The molecule has 3 rings (SSSR count). The fourth-order valence-electron chi connectivity index (χ4n) is 2.53. The molecule has 0 aliphatic heterocycles. The van der Waals surface area contributed by atoms with Crippen LogP contribution in [-0.4, -0.2) is 16.7 Å². The van der Waals surface area contributed by atoms with Gasteiger partial charge in [-0.1, -0.05) is 11.2 Å². The van der Waals surface area contributed by atoms with Crippen molar-refractivity contribution in [2.24, 2.45) is 5.16 Å². The van der Waals surface area contributed by atoms with E-state index in [1.54, 1.807) is 0 Å². The Morgan fingerprint density at radius 2 is 1.87 bits per heavy atom. The molecule has 0 radical (unpaired) electrons. The third-order valence-electron chi connectivity index (χ3n) is 3.30. The van der Waals surface area contributed by atoms with E-state index in [1.807, 2.05) is 6.07 Å². The average molecular weight is 201 g/mol. The second kappa shape index (κ2) is 2.92. The maximum absolute atomic E-state index is 11.7. The number of nitrogens with zero attached hydrogens (tertiary/aromatic N) is 1. The smallest absolute Gasteiger partial charge is 0.211 e. The Morgan fingerprint density at radius 3 is 2.60 bits per heavy atom. The minimum atomic E-state index is -0.109. The molecule has 0 saturated heterocycles. The van der Waals surface area contributed by atoms with E-state index in [-0.39, 0.29) is 11.5 Å². The van der Waals surface area contributed by atoms with E-state index in [1.165, 1.54) is 17.5 Å². The minimum absolute atomic E-state index is 0.109. The molecule has 2 aliphatic carbocycles. The Hall–Kier alpha value is -1.64. The van der Waals surface area contributed by atoms with Gasteiger partial charge in [0.05, 0.1) is 0 Å². The predicted octanol–water partition coefficient (Wildman–Crippen LogP) is 1.74. The molecule has 1 aromatic carbocycles. The van der Waals surface area contributed by atoms with Crippen molar-refractivity contribution in [3.8, 4) is 0 Å². The second-order valence-corrected chi connectivity index (χ2v) is 4.18. The van der Waals surface area contributed by atoms with Crippen molar-refractivity contribution < 1.29 is 10.0 Å². The molecule has 3 heteroatoms. The Balaban J connectivity index is 2.17. The number of fused-ring (bicyclic) bond motifs is 2. The molecule has 0 unspecified atom stereocenters. The number of aryl methyl sites for hydroxylation is 2. The summed E-state index contributed by atoms with van der Waals surface area (Å²) in [7, 11) is 0. The molecular formula is C12H11NO2. The lowest BCUT2D eigenvalue weighted by Crippen LogP contribution is -2.07. The van der Waals surface area contributed by atoms with Crippen LogP contribution in [0.15, 0.2) is 17.3 Å². The number of ketones is 1. The zero-order chi connectivity index (χ0) is 10.4. The van der Waals surface area contributed by atoms with Crippen molar-refractivity contribution in [3.63, 3.8) is 0 Å². The first-order valence-corrected chi connectivity index (χ1v) is 5.20. The zero-order valence-electron chi connectivity index (χ0n) is 8.29. The molecule has 0 atom stereocenters. The van der Waals surface area contributed by atoms with Gasteiger partial charge in [-0.3, -0.25) is 4.79 Å². The molecule has 3 nitrogen and oxygen atoms in total. The summed E-state index contributed by atoms with van der Waals surface area (Å²) in [5.74, 6) is -0.109.